The number of nitrogens with zero attached hydrogens (tertiary/aromatic N) is 1. The van der Waals surface area contributed by atoms with Gasteiger partial charge in [0.25, 0.3) is 0 Å². The third-order valence-electron chi connectivity index (χ3n) is 3.07. The summed E-state index contributed by atoms with van der Waals surface area (Å²) in [7, 11) is 1.72. The lowest BCUT2D eigenvalue weighted by Gasteiger charge is -2.17. The number of ether oxygens (including phenoxy) is 1. The van der Waals surface area contributed by atoms with E-state index in [1.54, 1.807) is 7.11 Å². The number of methoxy groups -OCH3 is 1. The van der Waals surface area contributed by atoms with Gasteiger partial charge >= 0.3 is 0 Å². The lowest BCUT2D eigenvalue weighted by atomic mass is 10.1. The van der Waals surface area contributed by atoms with Crippen LogP contribution in [0.5, 0.6) is 5.75 Å². The summed E-state index contributed by atoms with van der Waals surface area (Å²) in [5.41, 5.74) is 4.10. The van der Waals surface area contributed by atoms with Crippen molar-refractivity contribution in [3.63, 3.8) is 0 Å². The summed E-state index contributed by atoms with van der Waals surface area (Å²) in [6, 6.07) is 6.36. The zero-order valence-corrected chi connectivity index (χ0v) is 10.3. The third-order valence-corrected chi connectivity index (χ3v) is 3.07. The van der Waals surface area contributed by atoms with Crippen LogP contribution in [0.15, 0.2) is 24.3 Å². The molecule has 0 atom stereocenters. The number of hydrogen-bond donors (Lipinski definition) is 0. The lowest BCUT2D eigenvalue weighted by molar-refractivity contribution is 0.414. The van der Waals surface area contributed by atoms with Crippen molar-refractivity contribution in [2.45, 2.75) is 26.8 Å². The molecule has 1 aliphatic rings. The van der Waals surface area contributed by atoms with Crippen molar-refractivity contribution in [3.8, 4) is 5.75 Å². The smallest absolute Gasteiger partial charge is 0.119 e. The summed E-state index contributed by atoms with van der Waals surface area (Å²) in [5.74, 6) is 0.943. The minimum atomic E-state index is 0.943. The van der Waals surface area contributed by atoms with Gasteiger partial charge < -0.3 is 9.64 Å². The zero-order valence-electron chi connectivity index (χ0n) is 10.3. The van der Waals surface area contributed by atoms with E-state index in [-0.39, 0.29) is 0 Å². The average molecular weight is 217 g/mol. The molecule has 2 nitrogen and oxygen atoms in total. The van der Waals surface area contributed by atoms with Gasteiger partial charge in [-0.05, 0) is 31.0 Å². The van der Waals surface area contributed by atoms with Crippen LogP contribution in [0.4, 0.5) is 0 Å². The maximum absolute atomic E-state index is 5.29. The van der Waals surface area contributed by atoms with Gasteiger partial charge in [-0.3, -0.25) is 0 Å². The second-order valence-corrected chi connectivity index (χ2v) is 4.03. The molecular weight excluding hydrogens is 198 g/mol. The van der Waals surface area contributed by atoms with Crippen LogP contribution in [0.1, 0.15) is 31.4 Å². The first-order chi connectivity index (χ1) is 7.80. The van der Waals surface area contributed by atoms with Crippen molar-refractivity contribution in [2.24, 2.45) is 0 Å². The summed E-state index contributed by atoms with van der Waals surface area (Å²) in [5, 5.41) is 0. The van der Waals surface area contributed by atoms with E-state index in [9.17, 15) is 0 Å². The SMILES string of the molecule is CC/C=C1\c2cc(OC)ccc2CN1CC. The van der Waals surface area contributed by atoms with Gasteiger partial charge in [0.05, 0.1) is 7.11 Å². The van der Waals surface area contributed by atoms with Gasteiger partial charge in [0, 0.05) is 24.4 Å². The van der Waals surface area contributed by atoms with Crippen molar-refractivity contribution in [1.82, 2.24) is 4.90 Å². The zero-order chi connectivity index (χ0) is 11.5. The first-order valence-corrected chi connectivity index (χ1v) is 5.92. The topological polar surface area (TPSA) is 12.5 Å². The molecule has 0 radical (unpaired) electrons. The van der Waals surface area contributed by atoms with E-state index in [4.69, 9.17) is 4.74 Å². The van der Waals surface area contributed by atoms with Crippen molar-refractivity contribution in [1.29, 1.82) is 0 Å². The Kier molecular flexibility index (Phi) is 3.18. The highest BCUT2D eigenvalue weighted by molar-refractivity contribution is 5.71. The number of allylic oxidation sites excluding steroid dienone is 1. The predicted molar refractivity (Wildman–Crippen MR) is 67.3 cm³/mol. The van der Waals surface area contributed by atoms with Crippen LogP contribution >= 0.6 is 0 Å². The first-order valence-electron chi connectivity index (χ1n) is 5.92. The van der Waals surface area contributed by atoms with Crippen LogP contribution in [0.3, 0.4) is 0 Å². The highest BCUT2D eigenvalue weighted by Gasteiger charge is 2.22. The van der Waals surface area contributed by atoms with Crippen LogP contribution in [0, 0.1) is 0 Å². The Morgan fingerprint density at radius 2 is 2.19 bits per heavy atom. The summed E-state index contributed by atoms with van der Waals surface area (Å²) >= 11 is 0. The van der Waals surface area contributed by atoms with Crippen LogP contribution in [-0.4, -0.2) is 18.6 Å². The number of hydrogen-bond acceptors (Lipinski definition) is 2. The third kappa shape index (κ3) is 1.80. The normalized spacial score (nSPS) is 16.7. The van der Waals surface area contributed by atoms with E-state index in [1.165, 1.54) is 16.8 Å². The number of benzene rings is 1. The Hall–Kier alpha value is -1.44. The van der Waals surface area contributed by atoms with E-state index in [0.717, 1.165) is 25.3 Å². The molecule has 16 heavy (non-hydrogen) atoms. The fourth-order valence-corrected chi connectivity index (χ4v) is 2.23. The van der Waals surface area contributed by atoms with Gasteiger partial charge in [-0.15, -0.1) is 0 Å². The van der Waals surface area contributed by atoms with Gasteiger partial charge in [-0.1, -0.05) is 19.1 Å². The van der Waals surface area contributed by atoms with Crippen molar-refractivity contribution in [3.05, 3.63) is 35.4 Å². The molecule has 0 aromatic heterocycles. The number of fused-ring (bicyclic) bond motifs is 1. The molecule has 0 saturated heterocycles. The standard InChI is InChI=1S/C14H19NO/c1-4-6-14-13-9-12(16-3)8-7-11(13)10-15(14)5-2/h6-9H,4-5,10H2,1-3H3/b14-6+. The molecule has 0 amide bonds. The van der Waals surface area contributed by atoms with E-state index in [1.807, 2.05) is 6.07 Å². The molecule has 1 heterocycles. The predicted octanol–water partition coefficient (Wildman–Crippen LogP) is 3.28. The van der Waals surface area contributed by atoms with E-state index in [0.29, 0.717) is 0 Å². The molecule has 1 aliphatic heterocycles. The van der Waals surface area contributed by atoms with Crippen molar-refractivity contribution >= 4 is 5.70 Å². The maximum atomic E-state index is 5.29. The van der Waals surface area contributed by atoms with E-state index in [2.05, 4.69) is 37.0 Å². The van der Waals surface area contributed by atoms with Crippen molar-refractivity contribution < 1.29 is 4.74 Å². The highest BCUT2D eigenvalue weighted by atomic mass is 16.5. The fourth-order valence-electron chi connectivity index (χ4n) is 2.23. The molecule has 1 aromatic rings. The van der Waals surface area contributed by atoms with E-state index >= 15 is 0 Å². The second-order valence-electron chi connectivity index (χ2n) is 4.03. The molecule has 0 saturated carbocycles. The van der Waals surface area contributed by atoms with Crippen LogP contribution < -0.4 is 4.74 Å². The molecule has 2 rings (SSSR count). The van der Waals surface area contributed by atoms with E-state index < -0.39 is 0 Å². The van der Waals surface area contributed by atoms with Gasteiger partial charge in [-0.25, -0.2) is 0 Å². The largest absolute Gasteiger partial charge is 0.497 e. The molecule has 0 N–H and O–H groups in total. The van der Waals surface area contributed by atoms with Crippen LogP contribution in [0.25, 0.3) is 5.70 Å². The van der Waals surface area contributed by atoms with Crippen LogP contribution in [-0.2, 0) is 6.54 Å². The molecule has 0 unspecified atom stereocenters. The molecule has 0 aliphatic carbocycles. The van der Waals surface area contributed by atoms with Crippen LogP contribution in [0.2, 0.25) is 0 Å². The minimum absolute atomic E-state index is 0.943. The minimum Gasteiger partial charge on any atom is -0.497 e. The lowest BCUT2D eigenvalue weighted by Crippen LogP contribution is -2.14. The average Bonchev–Trinajstić information content (AvgIpc) is 2.67. The molecule has 0 bridgehead atoms. The number of rotatable bonds is 3. The Labute approximate surface area is 97.5 Å². The molecule has 86 valence electrons. The van der Waals surface area contributed by atoms with Gasteiger partial charge in [0.1, 0.15) is 5.75 Å². The summed E-state index contributed by atoms with van der Waals surface area (Å²) < 4.78 is 5.29. The Bertz CT molecular complexity index is 409. The van der Waals surface area contributed by atoms with Gasteiger partial charge in [0.2, 0.25) is 0 Å². The van der Waals surface area contributed by atoms with Gasteiger partial charge in [-0.2, -0.15) is 0 Å². The Morgan fingerprint density at radius 1 is 1.38 bits per heavy atom. The molecule has 0 fully saturated rings. The Balaban J connectivity index is 2.44. The second kappa shape index (κ2) is 4.60. The fraction of sp³-hybridized carbons (Fsp3) is 0.429. The summed E-state index contributed by atoms with van der Waals surface area (Å²) in [4.78, 5) is 2.41. The molecular formula is C14H19NO. The molecule has 0 spiro atoms. The summed E-state index contributed by atoms with van der Waals surface area (Å²) in [6.07, 6.45) is 3.37. The first kappa shape index (κ1) is 11.1. The Morgan fingerprint density at radius 3 is 2.81 bits per heavy atom. The van der Waals surface area contributed by atoms with Crippen molar-refractivity contribution in [2.75, 3.05) is 13.7 Å². The van der Waals surface area contributed by atoms with Gasteiger partial charge in [0.15, 0.2) is 0 Å². The highest BCUT2D eigenvalue weighted by Crippen LogP contribution is 2.34. The molecule has 2 heteroatoms. The molecule has 1 aromatic carbocycles. The maximum Gasteiger partial charge on any atom is 0.119 e. The summed E-state index contributed by atoms with van der Waals surface area (Å²) in [6.45, 7) is 6.47. The quantitative estimate of drug-likeness (QED) is 0.770. The monoisotopic (exact) mass is 217 g/mol.